The molecular formula is C18H25FN4O2. The van der Waals surface area contributed by atoms with Gasteiger partial charge < -0.3 is 15.6 Å². The number of halogens is 1. The van der Waals surface area contributed by atoms with E-state index < -0.39 is 0 Å². The van der Waals surface area contributed by atoms with Crippen LogP contribution >= 0.6 is 0 Å². The maximum atomic E-state index is 12.9. The summed E-state index contributed by atoms with van der Waals surface area (Å²) >= 11 is 0. The van der Waals surface area contributed by atoms with Gasteiger partial charge in [-0.1, -0.05) is 19.0 Å². The van der Waals surface area contributed by atoms with Gasteiger partial charge >= 0.3 is 0 Å². The summed E-state index contributed by atoms with van der Waals surface area (Å²) in [6.45, 7) is 4.52. The molecule has 1 amide bonds. The van der Waals surface area contributed by atoms with Crippen LogP contribution in [0.15, 0.2) is 28.8 Å². The predicted octanol–water partition coefficient (Wildman–Crippen LogP) is 2.83. The van der Waals surface area contributed by atoms with Crippen molar-refractivity contribution in [2.45, 2.75) is 51.5 Å². The van der Waals surface area contributed by atoms with Crippen LogP contribution in [0.2, 0.25) is 0 Å². The maximum Gasteiger partial charge on any atom is 0.226 e. The standard InChI is InChI=1S/C18H25FN4O2/c1-3-18(20,4-2)12-21-15(24)6-5-7-16-22-17(23-25-16)13-8-10-14(19)11-9-13/h8-11H,3-7,12,20H2,1-2H3,(H,21,24). The highest BCUT2D eigenvalue weighted by Gasteiger charge is 2.20. The summed E-state index contributed by atoms with van der Waals surface area (Å²) < 4.78 is 18.1. The highest BCUT2D eigenvalue weighted by Crippen LogP contribution is 2.17. The number of aryl methyl sites for hydroxylation is 1. The third-order valence-electron chi connectivity index (χ3n) is 4.41. The highest BCUT2D eigenvalue weighted by atomic mass is 19.1. The van der Waals surface area contributed by atoms with Crippen molar-refractivity contribution in [1.82, 2.24) is 15.5 Å². The Hall–Kier alpha value is -2.28. The molecule has 0 bridgehead atoms. The number of nitrogens with one attached hydrogen (secondary N) is 1. The van der Waals surface area contributed by atoms with E-state index in [4.69, 9.17) is 10.3 Å². The number of carbonyl (C=O) groups is 1. The molecule has 0 saturated heterocycles. The summed E-state index contributed by atoms with van der Waals surface area (Å²) in [4.78, 5) is 16.2. The second-order valence-corrected chi connectivity index (χ2v) is 6.22. The number of nitrogens with zero attached hydrogens (tertiary/aromatic N) is 2. The Morgan fingerprint density at radius 1 is 1.28 bits per heavy atom. The van der Waals surface area contributed by atoms with Crippen molar-refractivity contribution in [3.63, 3.8) is 0 Å². The first-order valence-electron chi connectivity index (χ1n) is 8.60. The van der Waals surface area contributed by atoms with Crippen LogP contribution in [-0.2, 0) is 11.2 Å². The van der Waals surface area contributed by atoms with Crippen LogP contribution in [-0.4, -0.2) is 28.1 Å². The van der Waals surface area contributed by atoms with Gasteiger partial charge in [-0.2, -0.15) is 4.98 Å². The van der Waals surface area contributed by atoms with E-state index in [1.54, 1.807) is 12.1 Å². The SMILES string of the molecule is CCC(N)(CC)CNC(=O)CCCc1nc(-c2ccc(F)cc2)no1. The quantitative estimate of drug-likeness (QED) is 0.727. The van der Waals surface area contributed by atoms with Gasteiger partial charge in [0.05, 0.1) is 0 Å². The first kappa shape index (κ1) is 19.1. The van der Waals surface area contributed by atoms with Crippen molar-refractivity contribution in [2.24, 2.45) is 5.73 Å². The predicted molar refractivity (Wildman–Crippen MR) is 93.1 cm³/mol. The van der Waals surface area contributed by atoms with Crippen molar-refractivity contribution in [1.29, 1.82) is 0 Å². The molecule has 0 aliphatic heterocycles. The molecule has 1 heterocycles. The van der Waals surface area contributed by atoms with Crippen LogP contribution in [0.5, 0.6) is 0 Å². The highest BCUT2D eigenvalue weighted by molar-refractivity contribution is 5.75. The van der Waals surface area contributed by atoms with E-state index in [1.165, 1.54) is 12.1 Å². The first-order chi connectivity index (χ1) is 12.0. The lowest BCUT2D eigenvalue weighted by Gasteiger charge is -2.26. The Bertz CT molecular complexity index is 681. The topological polar surface area (TPSA) is 94.0 Å². The number of benzene rings is 1. The molecule has 0 fully saturated rings. The molecule has 0 aliphatic carbocycles. The van der Waals surface area contributed by atoms with Gasteiger partial charge in [0.1, 0.15) is 5.82 Å². The van der Waals surface area contributed by atoms with Gasteiger partial charge in [0, 0.05) is 30.5 Å². The Balaban J connectivity index is 1.77. The molecule has 25 heavy (non-hydrogen) atoms. The van der Waals surface area contributed by atoms with Gasteiger partial charge in [0.25, 0.3) is 0 Å². The number of nitrogens with two attached hydrogens (primary N) is 1. The largest absolute Gasteiger partial charge is 0.354 e. The van der Waals surface area contributed by atoms with Crippen LogP contribution in [0, 0.1) is 5.82 Å². The van der Waals surface area contributed by atoms with E-state index in [9.17, 15) is 9.18 Å². The minimum atomic E-state index is -0.341. The number of carbonyl (C=O) groups excluding carboxylic acids is 1. The van der Waals surface area contributed by atoms with Crippen LogP contribution in [0.3, 0.4) is 0 Å². The number of rotatable bonds is 9. The van der Waals surface area contributed by atoms with Crippen LogP contribution in [0.1, 0.15) is 45.4 Å². The summed E-state index contributed by atoms with van der Waals surface area (Å²) in [5.41, 5.74) is 6.51. The lowest BCUT2D eigenvalue weighted by atomic mass is 9.94. The van der Waals surface area contributed by atoms with Gasteiger partial charge in [-0.05, 0) is 43.5 Å². The molecule has 1 aromatic heterocycles. The van der Waals surface area contributed by atoms with Gasteiger partial charge in [0.2, 0.25) is 17.6 Å². The van der Waals surface area contributed by atoms with Crippen molar-refractivity contribution in [3.05, 3.63) is 36.0 Å². The van der Waals surface area contributed by atoms with Gasteiger partial charge in [-0.3, -0.25) is 4.79 Å². The summed E-state index contributed by atoms with van der Waals surface area (Å²) in [6, 6.07) is 5.88. The van der Waals surface area contributed by atoms with E-state index >= 15 is 0 Å². The molecule has 7 heteroatoms. The van der Waals surface area contributed by atoms with Gasteiger partial charge in [0.15, 0.2) is 0 Å². The van der Waals surface area contributed by atoms with Gasteiger partial charge in [-0.25, -0.2) is 4.39 Å². The zero-order chi connectivity index (χ0) is 18.3. The zero-order valence-corrected chi connectivity index (χ0v) is 14.7. The van der Waals surface area contributed by atoms with Crippen LogP contribution in [0.4, 0.5) is 4.39 Å². The summed E-state index contributed by atoms with van der Waals surface area (Å²) in [5.74, 6) is 0.529. The molecule has 0 saturated carbocycles. The van der Waals surface area contributed by atoms with Crippen molar-refractivity contribution in [3.8, 4) is 11.4 Å². The Labute approximate surface area is 147 Å². The zero-order valence-electron chi connectivity index (χ0n) is 14.7. The van der Waals surface area contributed by atoms with E-state index in [1.807, 2.05) is 13.8 Å². The van der Waals surface area contributed by atoms with Crippen molar-refractivity contribution >= 4 is 5.91 Å². The van der Waals surface area contributed by atoms with Gasteiger partial charge in [-0.15, -0.1) is 0 Å². The normalized spacial score (nSPS) is 11.5. The molecule has 1 aromatic carbocycles. The summed E-state index contributed by atoms with van der Waals surface area (Å²) in [5, 5.41) is 6.76. The number of aromatic nitrogens is 2. The lowest BCUT2D eigenvalue weighted by Crippen LogP contribution is -2.49. The Morgan fingerprint density at radius 3 is 2.60 bits per heavy atom. The molecule has 0 atom stereocenters. The number of hydrogen-bond acceptors (Lipinski definition) is 5. The summed E-state index contributed by atoms with van der Waals surface area (Å²) in [6.07, 6.45) is 3.12. The van der Waals surface area contributed by atoms with E-state index in [2.05, 4.69) is 15.5 Å². The van der Waals surface area contributed by atoms with E-state index in [0.717, 1.165) is 12.8 Å². The van der Waals surface area contributed by atoms with Crippen LogP contribution in [0.25, 0.3) is 11.4 Å². The molecule has 2 aromatic rings. The monoisotopic (exact) mass is 348 g/mol. The maximum absolute atomic E-state index is 12.9. The molecule has 0 radical (unpaired) electrons. The lowest BCUT2D eigenvalue weighted by molar-refractivity contribution is -0.121. The first-order valence-corrected chi connectivity index (χ1v) is 8.60. The Morgan fingerprint density at radius 2 is 1.96 bits per heavy atom. The van der Waals surface area contributed by atoms with Crippen molar-refractivity contribution < 1.29 is 13.7 Å². The molecule has 6 nitrogen and oxygen atoms in total. The van der Waals surface area contributed by atoms with E-state index in [-0.39, 0.29) is 17.3 Å². The third-order valence-corrected chi connectivity index (χ3v) is 4.41. The summed E-state index contributed by atoms with van der Waals surface area (Å²) in [7, 11) is 0. The molecule has 2 rings (SSSR count). The molecular weight excluding hydrogens is 323 g/mol. The Kier molecular flexibility index (Phi) is 6.64. The fraction of sp³-hybridized carbons (Fsp3) is 0.500. The molecule has 3 N–H and O–H groups in total. The fourth-order valence-corrected chi connectivity index (χ4v) is 2.34. The molecule has 0 aliphatic rings. The number of hydrogen-bond donors (Lipinski definition) is 2. The van der Waals surface area contributed by atoms with Crippen molar-refractivity contribution in [2.75, 3.05) is 6.54 Å². The molecule has 0 unspecified atom stereocenters. The average Bonchev–Trinajstić information content (AvgIpc) is 3.09. The second kappa shape index (κ2) is 8.71. The second-order valence-electron chi connectivity index (χ2n) is 6.22. The van der Waals surface area contributed by atoms with E-state index in [0.29, 0.717) is 43.1 Å². The smallest absolute Gasteiger partial charge is 0.226 e. The fourth-order valence-electron chi connectivity index (χ4n) is 2.34. The number of amides is 1. The average molecular weight is 348 g/mol. The molecule has 136 valence electrons. The molecule has 0 spiro atoms. The van der Waals surface area contributed by atoms with Crippen LogP contribution < -0.4 is 11.1 Å². The minimum Gasteiger partial charge on any atom is -0.354 e. The third kappa shape index (κ3) is 5.63. The minimum absolute atomic E-state index is 0.0324.